The number of carbonyl (C=O) groups is 2. The summed E-state index contributed by atoms with van der Waals surface area (Å²) in [5.74, 6) is 1.82. The number of carbonyl (C=O) groups excluding carboxylic acids is 2. The minimum Gasteiger partial charge on any atom is -0.395 e. The summed E-state index contributed by atoms with van der Waals surface area (Å²) in [5, 5.41) is 15.2. The van der Waals surface area contributed by atoms with E-state index in [1.807, 2.05) is 30.3 Å². The number of aliphatic hydroxyl groups is 1. The number of hydrogen-bond acceptors (Lipinski definition) is 7. The van der Waals surface area contributed by atoms with E-state index in [0.29, 0.717) is 34.1 Å². The predicted molar refractivity (Wildman–Crippen MR) is 144 cm³/mol. The quantitative estimate of drug-likeness (QED) is 0.322. The van der Waals surface area contributed by atoms with Gasteiger partial charge in [-0.25, -0.2) is 4.98 Å². The van der Waals surface area contributed by atoms with Gasteiger partial charge < -0.3 is 25.4 Å². The fraction of sp³-hybridized carbons (Fsp3) is 0.519. The monoisotopic (exact) mass is 507 g/mol. The molecule has 2 aliphatic carbocycles. The number of aliphatic hydroxyl groups excluding tert-OH is 1. The molecule has 0 radical (unpaired) electrons. The molecule has 4 aliphatic rings. The second-order valence-electron chi connectivity index (χ2n) is 10.7. The normalized spacial score (nSPS) is 20.9. The van der Waals surface area contributed by atoms with Crippen molar-refractivity contribution in [3.63, 3.8) is 0 Å². The van der Waals surface area contributed by atoms with Crippen LogP contribution < -0.4 is 20.3 Å². The molecule has 0 atom stereocenters. The number of hydrogen-bond donors (Lipinski definition) is 4. The van der Waals surface area contributed by atoms with Crippen molar-refractivity contribution in [3.8, 4) is 0 Å². The first-order valence-electron chi connectivity index (χ1n) is 13.0. The Balaban J connectivity index is 1.25. The molecular weight excluding hydrogens is 474 g/mol. The fourth-order valence-corrected chi connectivity index (χ4v) is 6.58. The number of nitrogens with zero attached hydrogens (tertiary/aromatic N) is 2. The maximum atomic E-state index is 13.5. The number of rotatable bonds is 7. The number of aromatic nitrogens is 1. The molecule has 6 rings (SSSR count). The van der Waals surface area contributed by atoms with Crippen molar-refractivity contribution in [2.45, 2.75) is 56.8 Å². The Bertz CT molecular complexity index is 1180. The molecule has 3 fully saturated rings. The molecule has 1 aromatic carbocycles. The van der Waals surface area contributed by atoms with Gasteiger partial charge in [0.15, 0.2) is 0 Å². The van der Waals surface area contributed by atoms with Gasteiger partial charge in [0.05, 0.1) is 17.6 Å². The smallest absolute Gasteiger partial charge is 0.259 e. The van der Waals surface area contributed by atoms with E-state index >= 15 is 0 Å². The Morgan fingerprint density at radius 3 is 2.58 bits per heavy atom. The summed E-state index contributed by atoms with van der Waals surface area (Å²) < 4.78 is 3.18. The van der Waals surface area contributed by atoms with Crippen LogP contribution in [0.5, 0.6) is 0 Å². The molecule has 2 saturated carbocycles. The van der Waals surface area contributed by atoms with E-state index in [-0.39, 0.29) is 18.4 Å². The minimum absolute atomic E-state index is 0.0857. The van der Waals surface area contributed by atoms with Crippen molar-refractivity contribution in [2.24, 2.45) is 5.41 Å². The van der Waals surface area contributed by atoms with Crippen molar-refractivity contribution in [3.05, 3.63) is 41.5 Å². The summed E-state index contributed by atoms with van der Waals surface area (Å²) in [6.07, 6.45) is 8.73. The predicted octanol–water partition coefficient (Wildman–Crippen LogP) is 4.53. The molecule has 9 heteroatoms. The number of nitrogens with one attached hydrogen (secondary N) is 3. The highest BCUT2D eigenvalue weighted by molar-refractivity contribution is 8.00. The van der Waals surface area contributed by atoms with E-state index in [9.17, 15) is 9.59 Å². The van der Waals surface area contributed by atoms with Crippen LogP contribution in [0.3, 0.4) is 0 Å². The molecule has 190 valence electrons. The van der Waals surface area contributed by atoms with Gasteiger partial charge >= 0.3 is 0 Å². The number of anilines is 4. The summed E-state index contributed by atoms with van der Waals surface area (Å²) in [5.41, 5.74) is 3.19. The number of benzene rings is 1. The van der Waals surface area contributed by atoms with Gasteiger partial charge in [0, 0.05) is 30.2 Å². The van der Waals surface area contributed by atoms with Crippen LogP contribution in [0.2, 0.25) is 0 Å². The lowest BCUT2D eigenvalue weighted by atomic mass is 9.80. The van der Waals surface area contributed by atoms with Crippen molar-refractivity contribution >= 4 is 46.8 Å². The third kappa shape index (κ3) is 4.22. The van der Waals surface area contributed by atoms with E-state index in [1.54, 1.807) is 0 Å². The Morgan fingerprint density at radius 2 is 1.86 bits per heavy atom. The molecular formula is C27H33N5O3S. The Kier molecular flexibility index (Phi) is 6.08. The van der Waals surface area contributed by atoms with Crippen molar-refractivity contribution < 1.29 is 14.7 Å². The third-order valence-corrected chi connectivity index (χ3v) is 9.24. The highest BCUT2D eigenvalue weighted by Gasteiger charge is 2.48. The highest BCUT2D eigenvalue weighted by Crippen LogP contribution is 2.54. The lowest BCUT2D eigenvalue weighted by molar-refractivity contribution is -0.120. The van der Waals surface area contributed by atoms with Crippen LogP contribution in [0.1, 0.15) is 67.3 Å². The van der Waals surface area contributed by atoms with Crippen LogP contribution in [0.15, 0.2) is 30.3 Å². The molecule has 0 bridgehead atoms. The third-order valence-electron chi connectivity index (χ3n) is 8.50. The van der Waals surface area contributed by atoms with E-state index in [1.165, 1.54) is 24.8 Å². The van der Waals surface area contributed by atoms with Gasteiger partial charge in [0.2, 0.25) is 5.91 Å². The molecule has 2 aliphatic heterocycles. The number of amides is 2. The Labute approximate surface area is 215 Å². The molecule has 2 amide bonds. The first kappa shape index (κ1) is 23.6. The van der Waals surface area contributed by atoms with Crippen LogP contribution >= 0.6 is 11.9 Å². The van der Waals surface area contributed by atoms with Crippen molar-refractivity contribution in [1.82, 2.24) is 4.98 Å². The first-order valence-corrected chi connectivity index (χ1v) is 14.0. The lowest BCUT2D eigenvalue weighted by Crippen LogP contribution is -2.36. The maximum Gasteiger partial charge on any atom is 0.259 e. The molecule has 4 N–H and O–H groups in total. The Hall–Kier alpha value is -2.78. The zero-order valence-electron chi connectivity index (χ0n) is 20.4. The molecule has 2 spiro atoms. The summed E-state index contributed by atoms with van der Waals surface area (Å²) in [7, 11) is 0. The van der Waals surface area contributed by atoms with Gasteiger partial charge in [-0.2, -0.15) is 0 Å². The summed E-state index contributed by atoms with van der Waals surface area (Å²) >= 11 is 1.39. The standard InChI is InChI=1S/C27H33N5O3S/c33-15-16-36-31-22-6-4-19(23(30-22)32-13-11-26(9-10-26)12-14-32)24(34)28-18-3-5-21-20(17-18)27(25(35)29-21)7-1-2-8-27/h3-6,17,33H,1-2,7-16H2,(H,28,34)(H,29,35)(H,30,31). The molecule has 1 saturated heterocycles. The van der Waals surface area contributed by atoms with Gasteiger partial charge in [0.1, 0.15) is 11.6 Å². The average molecular weight is 508 g/mol. The largest absolute Gasteiger partial charge is 0.395 e. The number of pyridine rings is 1. The lowest BCUT2D eigenvalue weighted by Gasteiger charge is -2.34. The van der Waals surface area contributed by atoms with E-state index in [2.05, 4.69) is 20.3 Å². The highest BCUT2D eigenvalue weighted by atomic mass is 32.2. The fourth-order valence-electron chi connectivity index (χ4n) is 6.13. The zero-order chi connectivity index (χ0) is 24.8. The van der Waals surface area contributed by atoms with Crippen LogP contribution in [0.25, 0.3) is 0 Å². The van der Waals surface area contributed by atoms with Gasteiger partial charge in [-0.05, 0) is 91.8 Å². The molecule has 0 unspecified atom stereocenters. The Morgan fingerprint density at radius 1 is 1.08 bits per heavy atom. The number of fused-ring (bicyclic) bond motifs is 2. The van der Waals surface area contributed by atoms with Crippen LogP contribution in [-0.2, 0) is 10.2 Å². The molecule has 2 aromatic rings. The van der Waals surface area contributed by atoms with E-state index in [4.69, 9.17) is 10.1 Å². The second-order valence-corrected chi connectivity index (χ2v) is 11.6. The van der Waals surface area contributed by atoms with Crippen LogP contribution in [0, 0.1) is 5.41 Å². The molecule has 1 aromatic heterocycles. The molecule has 36 heavy (non-hydrogen) atoms. The average Bonchev–Trinajstić information content (AvgIpc) is 3.34. The van der Waals surface area contributed by atoms with E-state index in [0.717, 1.165) is 62.9 Å². The molecule has 8 nitrogen and oxygen atoms in total. The van der Waals surface area contributed by atoms with Gasteiger partial charge in [0.25, 0.3) is 5.91 Å². The zero-order valence-corrected chi connectivity index (χ0v) is 21.3. The van der Waals surface area contributed by atoms with Crippen LogP contribution in [0.4, 0.5) is 23.0 Å². The van der Waals surface area contributed by atoms with Gasteiger partial charge in [-0.15, -0.1) is 0 Å². The van der Waals surface area contributed by atoms with Crippen molar-refractivity contribution in [1.29, 1.82) is 0 Å². The minimum atomic E-state index is -0.449. The summed E-state index contributed by atoms with van der Waals surface area (Å²) in [6, 6.07) is 9.38. The maximum absolute atomic E-state index is 13.5. The second kappa shape index (κ2) is 9.27. The SMILES string of the molecule is O=C(Nc1ccc2c(c1)C1(CCCC1)C(=O)N2)c1ccc(NSCCO)nc1N1CCC2(CC1)CC2. The van der Waals surface area contributed by atoms with Crippen LogP contribution in [-0.4, -0.2) is 47.4 Å². The molecule has 3 heterocycles. The summed E-state index contributed by atoms with van der Waals surface area (Å²) in [6.45, 7) is 1.88. The van der Waals surface area contributed by atoms with Gasteiger partial charge in [-0.1, -0.05) is 12.8 Å². The van der Waals surface area contributed by atoms with Gasteiger partial charge in [-0.3, -0.25) is 9.59 Å². The summed E-state index contributed by atoms with van der Waals surface area (Å²) in [4.78, 5) is 33.4. The number of piperidine rings is 1. The topological polar surface area (TPSA) is 107 Å². The first-order chi connectivity index (χ1) is 17.5. The van der Waals surface area contributed by atoms with Crippen molar-refractivity contribution in [2.75, 3.05) is 45.7 Å². The van der Waals surface area contributed by atoms with E-state index < -0.39 is 5.41 Å².